The van der Waals surface area contributed by atoms with E-state index in [1.165, 1.54) is 64.3 Å². The van der Waals surface area contributed by atoms with Gasteiger partial charge in [-0.2, -0.15) is 0 Å². The van der Waals surface area contributed by atoms with Crippen molar-refractivity contribution in [2.45, 2.75) is 77.2 Å². The van der Waals surface area contributed by atoms with Crippen molar-refractivity contribution in [3.63, 3.8) is 0 Å². The Morgan fingerprint density at radius 3 is 2.47 bits per heavy atom. The van der Waals surface area contributed by atoms with Crippen LogP contribution in [-0.4, -0.2) is 18.6 Å². The predicted molar refractivity (Wildman–Crippen MR) is 83.2 cm³/mol. The van der Waals surface area contributed by atoms with Gasteiger partial charge in [0.15, 0.2) is 0 Å². The van der Waals surface area contributed by atoms with E-state index in [9.17, 15) is 0 Å². The van der Waals surface area contributed by atoms with E-state index in [-0.39, 0.29) is 5.54 Å². The molecule has 2 aliphatic carbocycles. The molecule has 0 radical (unpaired) electrons. The third-order valence-electron chi connectivity index (χ3n) is 5.42. The Kier molecular flexibility index (Phi) is 5.70. The van der Waals surface area contributed by atoms with Gasteiger partial charge in [0.2, 0.25) is 0 Å². The molecule has 0 amide bonds. The number of rotatable bonds is 7. The van der Waals surface area contributed by atoms with Crippen molar-refractivity contribution in [1.29, 1.82) is 0 Å². The van der Waals surface area contributed by atoms with Crippen LogP contribution in [0.1, 0.15) is 71.6 Å². The molecule has 0 spiro atoms. The van der Waals surface area contributed by atoms with Crippen molar-refractivity contribution in [1.82, 2.24) is 5.32 Å². The number of nitrogens with two attached hydrogens (primary N) is 1. The molecule has 19 heavy (non-hydrogen) atoms. The van der Waals surface area contributed by atoms with Crippen molar-refractivity contribution in [2.24, 2.45) is 23.5 Å². The minimum Gasteiger partial charge on any atom is -0.329 e. The van der Waals surface area contributed by atoms with Gasteiger partial charge in [-0.3, -0.25) is 0 Å². The number of hydrogen-bond donors (Lipinski definition) is 2. The van der Waals surface area contributed by atoms with Crippen molar-refractivity contribution in [3.8, 4) is 0 Å². The molecule has 2 atom stereocenters. The summed E-state index contributed by atoms with van der Waals surface area (Å²) in [5, 5.41) is 3.86. The van der Waals surface area contributed by atoms with Gasteiger partial charge in [-0.1, -0.05) is 46.0 Å². The van der Waals surface area contributed by atoms with Crippen LogP contribution >= 0.6 is 0 Å². The van der Waals surface area contributed by atoms with E-state index in [4.69, 9.17) is 5.73 Å². The molecule has 0 aromatic rings. The zero-order chi connectivity index (χ0) is 13.7. The third-order valence-corrected chi connectivity index (χ3v) is 5.42. The topological polar surface area (TPSA) is 38.0 Å². The summed E-state index contributed by atoms with van der Waals surface area (Å²) in [6, 6.07) is 0. The molecule has 0 saturated heterocycles. The van der Waals surface area contributed by atoms with E-state index in [0.29, 0.717) is 0 Å². The molecule has 2 rings (SSSR count). The molecule has 2 nitrogen and oxygen atoms in total. The lowest BCUT2D eigenvalue weighted by atomic mass is 9.73. The lowest BCUT2D eigenvalue weighted by Gasteiger charge is -2.42. The van der Waals surface area contributed by atoms with Crippen LogP contribution in [0.4, 0.5) is 0 Å². The van der Waals surface area contributed by atoms with Crippen LogP contribution < -0.4 is 11.1 Å². The molecular weight excluding hydrogens is 232 g/mol. The Morgan fingerprint density at radius 1 is 1.16 bits per heavy atom. The monoisotopic (exact) mass is 266 g/mol. The molecule has 0 aromatic heterocycles. The SMILES string of the molecule is CC(C)CC1CCCC(CN)(NCCC2CCC2)C1. The number of nitrogens with one attached hydrogen (secondary N) is 1. The van der Waals surface area contributed by atoms with Gasteiger partial charge < -0.3 is 11.1 Å². The van der Waals surface area contributed by atoms with Crippen molar-refractivity contribution < 1.29 is 0 Å². The van der Waals surface area contributed by atoms with Crippen molar-refractivity contribution >= 4 is 0 Å². The van der Waals surface area contributed by atoms with Gasteiger partial charge in [0, 0.05) is 12.1 Å². The molecule has 0 bridgehead atoms. The Balaban J connectivity index is 1.77. The molecule has 3 N–H and O–H groups in total. The highest BCUT2D eigenvalue weighted by Crippen LogP contribution is 2.36. The first-order valence-corrected chi connectivity index (χ1v) is 8.58. The Bertz CT molecular complexity index is 260. The van der Waals surface area contributed by atoms with E-state index in [1.807, 2.05) is 0 Å². The lowest BCUT2D eigenvalue weighted by Crippen LogP contribution is -2.54. The summed E-state index contributed by atoms with van der Waals surface area (Å²) in [4.78, 5) is 0. The van der Waals surface area contributed by atoms with Gasteiger partial charge in [0.05, 0.1) is 0 Å². The summed E-state index contributed by atoms with van der Waals surface area (Å²) >= 11 is 0. The largest absolute Gasteiger partial charge is 0.329 e. The Hall–Kier alpha value is -0.0800. The highest BCUT2D eigenvalue weighted by atomic mass is 15.0. The minimum atomic E-state index is 0.265. The fourth-order valence-corrected chi connectivity index (χ4v) is 4.09. The molecule has 2 unspecified atom stereocenters. The number of hydrogen-bond acceptors (Lipinski definition) is 2. The van der Waals surface area contributed by atoms with Crippen LogP contribution in [0.15, 0.2) is 0 Å². The van der Waals surface area contributed by atoms with Gasteiger partial charge in [-0.25, -0.2) is 0 Å². The molecule has 0 heterocycles. The summed E-state index contributed by atoms with van der Waals surface area (Å²) in [7, 11) is 0. The quantitative estimate of drug-likeness (QED) is 0.737. The summed E-state index contributed by atoms with van der Waals surface area (Å²) in [6.45, 7) is 6.72. The van der Waals surface area contributed by atoms with E-state index in [1.54, 1.807) is 0 Å². The predicted octanol–water partition coefficient (Wildman–Crippen LogP) is 3.70. The third kappa shape index (κ3) is 4.46. The van der Waals surface area contributed by atoms with Crippen LogP contribution in [0.25, 0.3) is 0 Å². The van der Waals surface area contributed by atoms with Crippen LogP contribution in [-0.2, 0) is 0 Å². The molecule has 112 valence electrons. The second-order valence-electron chi connectivity index (χ2n) is 7.59. The van der Waals surface area contributed by atoms with Crippen LogP contribution in [0, 0.1) is 17.8 Å². The maximum absolute atomic E-state index is 6.13. The van der Waals surface area contributed by atoms with Gasteiger partial charge >= 0.3 is 0 Å². The molecule has 2 saturated carbocycles. The van der Waals surface area contributed by atoms with Crippen LogP contribution in [0.3, 0.4) is 0 Å². The smallest absolute Gasteiger partial charge is 0.0306 e. The van der Waals surface area contributed by atoms with E-state index in [0.717, 1.165) is 24.3 Å². The zero-order valence-corrected chi connectivity index (χ0v) is 13.1. The molecular formula is C17H34N2. The maximum atomic E-state index is 6.13. The first kappa shape index (κ1) is 15.3. The van der Waals surface area contributed by atoms with Gasteiger partial charge in [0.25, 0.3) is 0 Å². The van der Waals surface area contributed by atoms with E-state index >= 15 is 0 Å². The fourth-order valence-electron chi connectivity index (χ4n) is 4.09. The molecule has 2 fully saturated rings. The van der Waals surface area contributed by atoms with Crippen molar-refractivity contribution in [3.05, 3.63) is 0 Å². The minimum absolute atomic E-state index is 0.265. The molecule has 0 aromatic carbocycles. The highest BCUT2D eigenvalue weighted by Gasteiger charge is 2.35. The van der Waals surface area contributed by atoms with Gasteiger partial charge in [0.1, 0.15) is 0 Å². The van der Waals surface area contributed by atoms with E-state index in [2.05, 4.69) is 19.2 Å². The van der Waals surface area contributed by atoms with Crippen molar-refractivity contribution in [2.75, 3.05) is 13.1 Å². The van der Waals surface area contributed by atoms with Crippen LogP contribution in [0.2, 0.25) is 0 Å². The van der Waals surface area contributed by atoms with E-state index < -0.39 is 0 Å². The summed E-state index contributed by atoms with van der Waals surface area (Å²) in [6.07, 6.45) is 12.5. The van der Waals surface area contributed by atoms with Crippen LogP contribution in [0.5, 0.6) is 0 Å². The van der Waals surface area contributed by atoms with Gasteiger partial charge in [-0.05, 0) is 50.0 Å². The normalized spacial score (nSPS) is 32.5. The average molecular weight is 266 g/mol. The first-order valence-electron chi connectivity index (χ1n) is 8.58. The lowest BCUT2D eigenvalue weighted by molar-refractivity contribution is 0.161. The second-order valence-corrected chi connectivity index (χ2v) is 7.59. The second kappa shape index (κ2) is 7.08. The maximum Gasteiger partial charge on any atom is 0.0306 e. The molecule has 2 aliphatic rings. The Morgan fingerprint density at radius 2 is 1.89 bits per heavy atom. The average Bonchev–Trinajstić information content (AvgIpc) is 2.32. The molecule has 0 aliphatic heterocycles. The molecule has 2 heteroatoms. The standard InChI is InChI=1S/C17H34N2/c1-14(2)11-16-7-4-9-17(12-16,13-18)19-10-8-15-5-3-6-15/h14-16,19H,3-13,18H2,1-2H3. The summed E-state index contributed by atoms with van der Waals surface area (Å²) in [5.41, 5.74) is 6.40. The van der Waals surface area contributed by atoms with Gasteiger partial charge in [-0.15, -0.1) is 0 Å². The zero-order valence-electron chi connectivity index (χ0n) is 13.1. The Labute approximate surface area is 119 Å². The fraction of sp³-hybridized carbons (Fsp3) is 1.00. The highest BCUT2D eigenvalue weighted by molar-refractivity contribution is 4.95. The first-order chi connectivity index (χ1) is 9.13. The summed E-state index contributed by atoms with van der Waals surface area (Å²) < 4.78 is 0. The summed E-state index contributed by atoms with van der Waals surface area (Å²) in [5.74, 6) is 2.74.